The molecule has 4 nitrogen and oxygen atoms in total. The first-order valence-corrected chi connectivity index (χ1v) is 7.16. The van der Waals surface area contributed by atoms with Gasteiger partial charge in [-0.2, -0.15) is 5.10 Å². The molecular weight excluding hydrogens is 274 g/mol. The maximum absolute atomic E-state index is 12.1. The van der Waals surface area contributed by atoms with Crippen LogP contribution in [0.25, 0.3) is 5.69 Å². The van der Waals surface area contributed by atoms with E-state index in [1.54, 1.807) is 10.9 Å². The van der Waals surface area contributed by atoms with Crippen LogP contribution in [0, 0.1) is 6.92 Å². The van der Waals surface area contributed by atoms with Gasteiger partial charge in [0.1, 0.15) is 0 Å². The fourth-order valence-electron chi connectivity index (χ4n) is 2.18. The topological polar surface area (TPSA) is 46.9 Å². The van der Waals surface area contributed by atoms with E-state index < -0.39 is 0 Å². The third-order valence-corrected chi connectivity index (χ3v) is 3.47. The lowest BCUT2D eigenvalue weighted by Crippen LogP contribution is -2.22. The number of amides is 1. The molecule has 0 bridgehead atoms. The molecular formula is C18H17N3O. The Bertz CT molecular complexity index is 744. The second kappa shape index (κ2) is 6.26. The molecule has 0 fully saturated rings. The summed E-state index contributed by atoms with van der Waals surface area (Å²) >= 11 is 0. The smallest absolute Gasteiger partial charge is 0.251 e. The molecule has 0 spiro atoms. The molecule has 0 atom stereocenters. The van der Waals surface area contributed by atoms with Crippen LogP contribution in [-0.2, 0) is 6.54 Å². The molecule has 1 heterocycles. The molecule has 1 N–H and O–H groups in total. The second-order valence-corrected chi connectivity index (χ2v) is 5.17. The zero-order chi connectivity index (χ0) is 15.4. The quantitative estimate of drug-likeness (QED) is 0.803. The second-order valence-electron chi connectivity index (χ2n) is 5.17. The van der Waals surface area contributed by atoms with Crippen molar-refractivity contribution < 1.29 is 4.79 Å². The Morgan fingerprint density at radius 2 is 1.82 bits per heavy atom. The number of hydrogen-bond donors (Lipinski definition) is 1. The number of carbonyl (C=O) groups excluding carboxylic acids is 1. The number of hydrogen-bond acceptors (Lipinski definition) is 2. The highest BCUT2D eigenvalue weighted by molar-refractivity contribution is 5.94. The van der Waals surface area contributed by atoms with E-state index in [-0.39, 0.29) is 5.91 Å². The van der Waals surface area contributed by atoms with E-state index in [1.807, 2.05) is 67.7 Å². The van der Waals surface area contributed by atoms with Gasteiger partial charge in [0, 0.05) is 24.5 Å². The van der Waals surface area contributed by atoms with Gasteiger partial charge in [-0.3, -0.25) is 4.79 Å². The van der Waals surface area contributed by atoms with Crippen molar-refractivity contribution in [2.75, 3.05) is 0 Å². The molecule has 0 aliphatic heterocycles. The number of carbonyl (C=O) groups is 1. The summed E-state index contributed by atoms with van der Waals surface area (Å²) in [5.41, 5.74) is 3.87. The van der Waals surface area contributed by atoms with Crippen molar-refractivity contribution >= 4 is 5.91 Å². The number of nitrogens with one attached hydrogen (secondary N) is 1. The summed E-state index contributed by atoms with van der Waals surface area (Å²) in [7, 11) is 0. The highest BCUT2D eigenvalue weighted by atomic mass is 16.1. The van der Waals surface area contributed by atoms with Gasteiger partial charge < -0.3 is 5.32 Å². The van der Waals surface area contributed by atoms with Crippen LogP contribution in [0.2, 0.25) is 0 Å². The molecule has 1 aromatic heterocycles. The standard InChI is InChI=1S/C18H17N3O/c1-14-3-5-15(6-4-14)13-19-18(22)16-7-9-17(10-8-16)21-12-2-11-20-21/h2-12H,13H2,1H3,(H,19,22). The maximum Gasteiger partial charge on any atom is 0.251 e. The van der Waals surface area contributed by atoms with Gasteiger partial charge in [-0.25, -0.2) is 4.68 Å². The van der Waals surface area contributed by atoms with Crippen LogP contribution >= 0.6 is 0 Å². The highest BCUT2D eigenvalue weighted by Crippen LogP contribution is 2.09. The van der Waals surface area contributed by atoms with Gasteiger partial charge in [0.05, 0.1) is 5.69 Å². The van der Waals surface area contributed by atoms with E-state index in [2.05, 4.69) is 10.4 Å². The van der Waals surface area contributed by atoms with Gasteiger partial charge in [-0.15, -0.1) is 0 Å². The van der Waals surface area contributed by atoms with Crippen LogP contribution in [0.15, 0.2) is 67.0 Å². The molecule has 0 aliphatic rings. The molecule has 3 rings (SSSR count). The average Bonchev–Trinajstić information content (AvgIpc) is 3.09. The minimum Gasteiger partial charge on any atom is -0.348 e. The summed E-state index contributed by atoms with van der Waals surface area (Å²) in [5.74, 6) is -0.0763. The van der Waals surface area contributed by atoms with Gasteiger partial charge in [-0.05, 0) is 42.8 Å². The van der Waals surface area contributed by atoms with E-state index in [0.717, 1.165) is 11.3 Å². The molecule has 0 unspecified atom stereocenters. The first-order valence-electron chi connectivity index (χ1n) is 7.16. The molecule has 110 valence electrons. The first-order chi connectivity index (χ1) is 10.7. The van der Waals surface area contributed by atoms with E-state index in [9.17, 15) is 4.79 Å². The Balaban J connectivity index is 1.63. The van der Waals surface area contributed by atoms with Crippen LogP contribution in [0.3, 0.4) is 0 Å². The van der Waals surface area contributed by atoms with Crippen molar-refractivity contribution in [3.05, 3.63) is 83.7 Å². The lowest BCUT2D eigenvalue weighted by molar-refractivity contribution is 0.0951. The van der Waals surface area contributed by atoms with Crippen LogP contribution < -0.4 is 5.32 Å². The fourth-order valence-corrected chi connectivity index (χ4v) is 2.18. The largest absolute Gasteiger partial charge is 0.348 e. The van der Waals surface area contributed by atoms with Crippen molar-refractivity contribution in [1.82, 2.24) is 15.1 Å². The van der Waals surface area contributed by atoms with Crippen LogP contribution in [-0.4, -0.2) is 15.7 Å². The van der Waals surface area contributed by atoms with Gasteiger partial charge in [0.25, 0.3) is 5.91 Å². The minimum atomic E-state index is -0.0763. The summed E-state index contributed by atoms with van der Waals surface area (Å²) in [4.78, 5) is 12.1. The van der Waals surface area contributed by atoms with E-state index in [1.165, 1.54) is 5.56 Å². The van der Waals surface area contributed by atoms with Crippen molar-refractivity contribution in [1.29, 1.82) is 0 Å². The van der Waals surface area contributed by atoms with Crippen molar-refractivity contribution in [3.63, 3.8) is 0 Å². The molecule has 1 amide bonds. The fraction of sp³-hybridized carbons (Fsp3) is 0.111. The van der Waals surface area contributed by atoms with Crippen LogP contribution in [0.4, 0.5) is 0 Å². The zero-order valence-corrected chi connectivity index (χ0v) is 12.4. The summed E-state index contributed by atoms with van der Waals surface area (Å²) in [6, 6.07) is 17.4. The normalized spacial score (nSPS) is 10.4. The summed E-state index contributed by atoms with van der Waals surface area (Å²) in [6.45, 7) is 2.57. The molecule has 0 saturated carbocycles. The van der Waals surface area contributed by atoms with E-state index in [0.29, 0.717) is 12.1 Å². The lowest BCUT2D eigenvalue weighted by atomic mass is 10.1. The van der Waals surface area contributed by atoms with Gasteiger partial charge in [0.2, 0.25) is 0 Å². The lowest BCUT2D eigenvalue weighted by Gasteiger charge is -2.07. The average molecular weight is 291 g/mol. The Hall–Kier alpha value is -2.88. The van der Waals surface area contributed by atoms with Crippen LogP contribution in [0.5, 0.6) is 0 Å². The SMILES string of the molecule is Cc1ccc(CNC(=O)c2ccc(-n3cccn3)cc2)cc1. The third-order valence-electron chi connectivity index (χ3n) is 3.47. The van der Waals surface area contributed by atoms with E-state index >= 15 is 0 Å². The monoisotopic (exact) mass is 291 g/mol. The number of nitrogens with zero attached hydrogens (tertiary/aromatic N) is 2. The highest BCUT2D eigenvalue weighted by Gasteiger charge is 2.05. The number of rotatable bonds is 4. The van der Waals surface area contributed by atoms with E-state index in [4.69, 9.17) is 0 Å². The molecule has 22 heavy (non-hydrogen) atoms. The van der Waals surface area contributed by atoms with Gasteiger partial charge in [-0.1, -0.05) is 29.8 Å². The number of aryl methyl sites for hydroxylation is 1. The molecule has 0 aliphatic carbocycles. The maximum atomic E-state index is 12.1. The summed E-state index contributed by atoms with van der Waals surface area (Å²) < 4.78 is 1.76. The summed E-state index contributed by atoms with van der Waals surface area (Å²) in [6.07, 6.45) is 3.59. The molecule has 0 radical (unpaired) electrons. The van der Waals surface area contributed by atoms with Crippen LogP contribution in [0.1, 0.15) is 21.5 Å². The first kappa shape index (κ1) is 14.1. The minimum absolute atomic E-state index is 0.0763. The molecule has 2 aromatic carbocycles. The Morgan fingerprint density at radius 3 is 2.45 bits per heavy atom. The predicted octanol–water partition coefficient (Wildman–Crippen LogP) is 3.11. The molecule has 4 heteroatoms. The van der Waals surface area contributed by atoms with Crippen molar-refractivity contribution in [3.8, 4) is 5.69 Å². The predicted molar refractivity (Wildman–Crippen MR) is 85.9 cm³/mol. The van der Waals surface area contributed by atoms with Crippen molar-refractivity contribution in [2.24, 2.45) is 0 Å². The van der Waals surface area contributed by atoms with Gasteiger partial charge in [0.15, 0.2) is 0 Å². The Labute approximate surface area is 129 Å². The van der Waals surface area contributed by atoms with Crippen molar-refractivity contribution in [2.45, 2.75) is 13.5 Å². The Kier molecular flexibility index (Phi) is 4.01. The summed E-state index contributed by atoms with van der Waals surface area (Å²) in [5, 5.41) is 7.09. The molecule has 0 saturated heterocycles. The third kappa shape index (κ3) is 3.23. The molecule has 3 aromatic rings. The zero-order valence-electron chi connectivity index (χ0n) is 12.4. The number of benzene rings is 2. The Morgan fingerprint density at radius 1 is 1.09 bits per heavy atom. The van der Waals surface area contributed by atoms with Gasteiger partial charge >= 0.3 is 0 Å². The number of aromatic nitrogens is 2.